The minimum Gasteiger partial charge on any atom is -0.339 e. The van der Waals surface area contributed by atoms with Gasteiger partial charge in [0.05, 0.1) is 4.58 Å². The van der Waals surface area contributed by atoms with E-state index in [2.05, 4.69) is 12.1 Å². The number of carbonyl (C=O) groups is 1. The summed E-state index contributed by atoms with van der Waals surface area (Å²) in [7, 11) is 0. The normalized spacial score (nSPS) is 20.3. The highest BCUT2D eigenvalue weighted by molar-refractivity contribution is 8.19. The van der Waals surface area contributed by atoms with E-state index in [-0.39, 0.29) is 24.4 Å². The van der Waals surface area contributed by atoms with E-state index in [0.717, 1.165) is 31.5 Å². The fraction of sp³-hybridized carbons (Fsp3) is 0.533. The molecule has 0 radical (unpaired) electrons. The number of carbonyl (C=O) groups excluding carboxylic acids is 1. The number of piperidine rings is 1. The van der Waals surface area contributed by atoms with E-state index in [1.165, 1.54) is 17.1 Å². The van der Waals surface area contributed by atoms with E-state index in [9.17, 15) is 4.79 Å². The van der Waals surface area contributed by atoms with Crippen molar-refractivity contribution < 1.29 is 4.79 Å². The van der Waals surface area contributed by atoms with Crippen molar-refractivity contribution in [1.82, 2.24) is 4.90 Å². The molecule has 1 aromatic carbocycles. The smallest absolute Gasteiger partial charge is 0.253 e. The first kappa shape index (κ1) is 17.0. The van der Waals surface area contributed by atoms with E-state index in [0.29, 0.717) is 4.58 Å². The number of nitrogens with two attached hydrogens (primary N) is 1. The molecule has 3 rings (SSSR count). The van der Waals surface area contributed by atoms with Crippen LogP contribution in [-0.4, -0.2) is 41.4 Å². The van der Waals surface area contributed by atoms with Crippen LogP contribution >= 0.6 is 35.9 Å². The van der Waals surface area contributed by atoms with Crippen LogP contribution in [0.25, 0.3) is 0 Å². The molecule has 6 heteroatoms. The monoisotopic (exact) mass is 344 g/mol. The third-order valence-electron chi connectivity index (χ3n) is 3.88. The van der Waals surface area contributed by atoms with Crippen LogP contribution in [0.4, 0.5) is 0 Å². The van der Waals surface area contributed by atoms with Gasteiger partial charge in [-0.3, -0.25) is 4.79 Å². The quantitative estimate of drug-likeness (QED) is 0.895. The second kappa shape index (κ2) is 7.77. The second-order valence-electron chi connectivity index (χ2n) is 5.33. The molecule has 21 heavy (non-hydrogen) atoms. The van der Waals surface area contributed by atoms with Crippen molar-refractivity contribution in [3.05, 3.63) is 35.4 Å². The number of hydrogen-bond acceptors (Lipinski definition) is 4. The Morgan fingerprint density at radius 1 is 1.10 bits per heavy atom. The molecule has 0 aromatic heterocycles. The van der Waals surface area contributed by atoms with Crippen molar-refractivity contribution in [2.75, 3.05) is 24.6 Å². The Balaban J connectivity index is 0.00000161. The molecule has 0 saturated carbocycles. The van der Waals surface area contributed by atoms with Gasteiger partial charge in [0.2, 0.25) is 0 Å². The predicted octanol–water partition coefficient (Wildman–Crippen LogP) is 3.15. The van der Waals surface area contributed by atoms with Gasteiger partial charge in [-0.1, -0.05) is 12.1 Å². The molecule has 116 valence electrons. The lowest BCUT2D eigenvalue weighted by Gasteiger charge is -2.30. The zero-order chi connectivity index (χ0) is 13.9. The van der Waals surface area contributed by atoms with Crippen LogP contribution in [0.5, 0.6) is 0 Å². The van der Waals surface area contributed by atoms with E-state index in [1.54, 1.807) is 0 Å². The molecule has 0 aliphatic carbocycles. The zero-order valence-corrected chi connectivity index (χ0v) is 14.3. The van der Waals surface area contributed by atoms with Gasteiger partial charge in [0.1, 0.15) is 0 Å². The number of rotatable bonds is 2. The topological polar surface area (TPSA) is 46.3 Å². The van der Waals surface area contributed by atoms with Gasteiger partial charge in [-0.15, -0.1) is 35.9 Å². The fourth-order valence-corrected chi connectivity index (χ4v) is 5.48. The van der Waals surface area contributed by atoms with E-state index < -0.39 is 0 Å². The summed E-state index contributed by atoms with van der Waals surface area (Å²) in [5.74, 6) is 2.60. The van der Waals surface area contributed by atoms with Gasteiger partial charge in [-0.25, -0.2) is 0 Å². The number of amides is 1. The second-order valence-corrected chi connectivity index (χ2v) is 8.05. The van der Waals surface area contributed by atoms with Crippen molar-refractivity contribution >= 4 is 41.8 Å². The summed E-state index contributed by atoms with van der Waals surface area (Å²) < 4.78 is 0.548. The molecule has 0 atom stereocenters. The van der Waals surface area contributed by atoms with Gasteiger partial charge >= 0.3 is 0 Å². The highest BCUT2D eigenvalue weighted by Gasteiger charge is 2.22. The molecule has 2 fully saturated rings. The molecule has 2 aliphatic rings. The molecule has 2 aliphatic heterocycles. The Morgan fingerprint density at radius 2 is 1.67 bits per heavy atom. The first-order valence-electron chi connectivity index (χ1n) is 7.12. The molecule has 2 heterocycles. The Hall–Kier alpha value is -0.360. The molecule has 0 spiro atoms. The van der Waals surface area contributed by atoms with Crippen LogP contribution in [0.3, 0.4) is 0 Å². The van der Waals surface area contributed by atoms with E-state index in [1.807, 2.05) is 40.6 Å². The van der Waals surface area contributed by atoms with Crippen LogP contribution in [0.1, 0.15) is 33.3 Å². The highest BCUT2D eigenvalue weighted by atomic mass is 35.5. The summed E-state index contributed by atoms with van der Waals surface area (Å²) in [6.45, 7) is 1.58. The van der Waals surface area contributed by atoms with Crippen molar-refractivity contribution in [2.45, 2.75) is 23.5 Å². The fourth-order valence-electron chi connectivity index (χ4n) is 2.62. The number of thioether (sulfide) groups is 2. The van der Waals surface area contributed by atoms with Crippen LogP contribution in [0.2, 0.25) is 0 Å². The largest absolute Gasteiger partial charge is 0.339 e. The van der Waals surface area contributed by atoms with Gasteiger partial charge < -0.3 is 10.6 Å². The number of halogens is 1. The molecule has 3 nitrogen and oxygen atoms in total. The van der Waals surface area contributed by atoms with Gasteiger partial charge in [-0.05, 0) is 30.5 Å². The molecule has 1 aromatic rings. The first-order valence-corrected chi connectivity index (χ1v) is 9.22. The molecular weight excluding hydrogens is 324 g/mol. The summed E-state index contributed by atoms with van der Waals surface area (Å²) >= 11 is 3.98. The maximum absolute atomic E-state index is 12.4. The predicted molar refractivity (Wildman–Crippen MR) is 94.5 cm³/mol. The third-order valence-corrected chi connectivity index (χ3v) is 6.98. The van der Waals surface area contributed by atoms with Gasteiger partial charge in [0, 0.05) is 36.2 Å². The molecule has 1 amide bonds. The van der Waals surface area contributed by atoms with Crippen molar-refractivity contribution in [2.24, 2.45) is 5.73 Å². The summed E-state index contributed by atoms with van der Waals surface area (Å²) in [6.07, 6.45) is 1.83. The molecular formula is C15H21ClN2OS2. The Kier molecular flexibility index (Phi) is 6.29. The lowest BCUT2D eigenvalue weighted by molar-refractivity contribution is 0.0715. The third kappa shape index (κ3) is 4.09. The van der Waals surface area contributed by atoms with Crippen LogP contribution in [0, 0.1) is 0 Å². The molecule has 0 bridgehead atoms. The molecule has 0 unspecified atom stereocenters. The van der Waals surface area contributed by atoms with Crippen LogP contribution < -0.4 is 5.73 Å². The van der Waals surface area contributed by atoms with Gasteiger partial charge in [0.25, 0.3) is 5.91 Å². The summed E-state index contributed by atoms with van der Waals surface area (Å²) in [5.41, 5.74) is 8.01. The summed E-state index contributed by atoms with van der Waals surface area (Å²) in [6, 6.07) is 8.44. The molecule has 2 N–H and O–H groups in total. The van der Waals surface area contributed by atoms with E-state index in [4.69, 9.17) is 5.73 Å². The average Bonchev–Trinajstić information content (AvgIpc) is 3.02. The summed E-state index contributed by atoms with van der Waals surface area (Å²) in [5, 5.41) is 0. The average molecular weight is 345 g/mol. The zero-order valence-electron chi connectivity index (χ0n) is 11.9. The first-order chi connectivity index (χ1) is 9.74. The highest BCUT2D eigenvalue weighted by Crippen LogP contribution is 2.45. The Bertz CT molecular complexity index is 469. The minimum absolute atomic E-state index is 0. The number of hydrogen-bond donors (Lipinski definition) is 1. The number of benzene rings is 1. The Labute approximate surface area is 140 Å². The van der Waals surface area contributed by atoms with Gasteiger partial charge in [-0.2, -0.15) is 0 Å². The Morgan fingerprint density at radius 3 is 2.24 bits per heavy atom. The number of nitrogens with zero attached hydrogens (tertiary/aromatic N) is 1. The lowest BCUT2D eigenvalue weighted by atomic mass is 10.0. The summed E-state index contributed by atoms with van der Waals surface area (Å²) in [4.78, 5) is 14.3. The van der Waals surface area contributed by atoms with Crippen LogP contribution in [-0.2, 0) is 0 Å². The van der Waals surface area contributed by atoms with Crippen molar-refractivity contribution in [1.29, 1.82) is 0 Å². The lowest BCUT2D eigenvalue weighted by Crippen LogP contribution is -2.42. The minimum atomic E-state index is 0. The maximum atomic E-state index is 12.4. The van der Waals surface area contributed by atoms with Crippen LogP contribution in [0.15, 0.2) is 24.3 Å². The maximum Gasteiger partial charge on any atom is 0.253 e. The molecule has 2 saturated heterocycles. The van der Waals surface area contributed by atoms with Crippen molar-refractivity contribution in [3.8, 4) is 0 Å². The standard InChI is InChI=1S/C15H20N2OS2.ClH/c16-13-5-7-17(8-6-13)14(18)11-1-3-12(4-2-11)15-19-9-10-20-15;/h1-4,13,15H,5-10,16H2;1H. The van der Waals surface area contributed by atoms with Crippen molar-refractivity contribution in [3.63, 3.8) is 0 Å². The van der Waals surface area contributed by atoms with E-state index >= 15 is 0 Å². The van der Waals surface area contributed by atoms with Gasteiger partial charge in [0.15, 0.2) is 0 Å². The SMILES string of the molecule is Cl.NC1CCN(C(=O)c2ccc(C3SCCS3)cc2)CC1. The number of likely N-dealkylation sites (tertiary alicyclic amines) is 1.